The topological polar surface area (TPSA) is 86.5 Å². The van der Waals surface area contributed by atoms with Gasteiger partial charge in [0.25, 0.3) is 5.91 Å². The van der Waals surface area contributed by atoms with Crippen molar-refractivity contribution in [1.82, 2.24) is 10.3 Å². The average Bonchev–Trinajstić information content (AvgIpc) is 2.85. The SMILES string of the molecule is Cc1nonc1C(=O)Nc1ccc2c(c1)OCCO2. The van der Waals surface area contributed by atoms with Gasteiger partial charge >= 0.3 is 0 Å². The van der Waals surface area contributed by atoms with Crippen molar-refractivity contribution >= 4 is 11.6 Å². The largest absolute Gasteiger partial charge is 0.486 e. The molecule has 0 spiro atoms. The summed E-state index contributed by atoms with van der Waals surface area (Å²) in [5, 5.41) is 9.80. The highest BCUT2D eigenvalue weighted by molar-refractivity contribution is 6.03. The van der Waals surface area contributed by atoms with Crippen molar-refractivity contribution in [3.8, 4) is 11.5 Å². The van der Waals surface area contributed by atoms with Gasteiger partial charge in [-0.2, -0.15) is 0 Å². The molecule has 1 aliphatic rings. The summed E-state index contributed by atoms with van der Waals surface area (Å²) in [6.07, 6.45) is 0. The van der Waals surface area contributed by atoms with Crippen LogP contribution in [0, 0.1) is 6.92 Å². The number of aryl methyl sites for hydroxylation is 1. The van der Waals surface area contributed by atoms with Gasteiger partial charge in [0.15, 0.2) is 17.2 Å². The van der Waals surface area contributed by atoms with Gasteiger partial charge in [-0.25, -0.2) is 4.63 Å². The molecule has 0 saturated heterocycles. The average molecular weight is 261 g/mol. The van der Waals surface area contributed by atoms with Crippen LogP contribution in [0.15, 0.2) is 22.8 Å². The molecule has 2 heterocycles. The van der Waals surface area contributed by atoms with E-state index in [1.165, 1.54) is 0 Å². The Labute approximate surface area is 108 Å². The van der Waals surface area contributed by atoms with Crippen LogP contribution in [0.25, 0.3) is 0 Å². The van der Waals surface area contributed by atoms with Gasteiger partial charge in [-0.3, -0.25) is 4.79 Å². The first kappa shape index (κ1) is 11.5. The van der Waals surface area contributed by atoms with E-state index in [4.69, 9.17) is 9.47 Å². The van der Waals surface area contributed by atoms with Gasteiger partial charge in [0.05, 0.1) is 0 Å². The van der Waals surface area contributed by atoms with E-state index in [2.05, 4.69) is 20.3 Å². The van der Waals surface area contributed by atoms with Crippen molar-refractivity contribution in [3.05, 3.63) is 29.6 Å². The first-order valence-electron chi connectivity index (χ1n) is 5.74. The number of carbonyl (C=O) groups excluding carboxylic acids is 1. The Kier molecular flexibility index (Phi) is 2.79. The summed E-state index contributed by atoms with van der Waals surface area (Å²) >= 11 is 0. The molecule has 2 aromatic rings. The van der Waals surface area contributed by atoms with Gasteiger partial charge in [0, 0.05) is 11.8 Å². The minimum absolute atomic E-state index is 0.162. The van der Waals surface area contributed by atoms with Crippen molar-refractivity contribution in [3.63, 3.8) is 0 Å². The van der Waals surface area contributed by atoms with Gasteiger partial charge in [0.2, 0.25) is 0 Å². The normalized spacial score (nSPS) is 13.1. The molecule has 7 nitrogen and oxygen atoms in total. The van der Waals surface area contributed by atoms with Crippen molar-refractivity contribution in [2.45, 2.75) is 6.92 Å². The Balaban J connectivity index is 1.80. The van der Waals surface area contributed by atoms with Gasteiger partial charge in [0.1, 0.15) is 18.9 Å². The van der Waals surface area contributed by atoms with Crippen LogP contribution >= 0.6 is 0 Å². The predicted molar refractivity (Wildman–Crippen MR) is 64.4 cm³/mol. The summed E-state index contributed by atoms with van der Waals surface area (Å²) in [5.41, 5.74) is 1.20. The Bertz CT molecular complexity index is 623. The molecule has 3 rings (SSSR count). The Hall–Kier alpha value is -2.57. The number of amides is 1. The number of anilines is 1. The number of hydrogen-bond acceptors (Lipinski definition) is 6. The van der Waals surface area contributed by atoms with Crippen LogP contribution in [0.4, 0.5) is 5.69 Å². The lowest BCUT2D eigenvalue weighted by Crippen LogP contribution is -2.17. The molecule has 98 valence electrons. The van der Waals surface area contributed by atoms with Crippen molar-refractivity contribution in [1.29, 1.82) is 0 Å². The Morgan fingerprint density at radius 2 is 2.00 bits per heavy atom. The maximum atomic E-state index is 11.9. The number of hydrogen-bond donors (Lipinski definition) is 1. The van der Waals surface area contributed by atoms with E-state index in [0.29, 0.717) is 36.1 Å². The fraction of sp³-hybridized carbons (Fsp3) is 0.250. The van der Waals surface area contributed by atoms with Gasteiger partial charge in [-0.05, 0) is 24.2 Å². The molecule has 0 aliphatic carbocycles. The maximum Gasteiger partial charge on any atom is 0.279 e. The minimum Gasteiger partial charge on any atom is -0.486 e. The van der Waals surface area contributed by atoms with Gasteiger partial charge in [-0.15, -0.1) is 0 Å². The van der Waals surface area contributed by atoms with Gasteiger partial charge < -0.3 is 14.8 Å². The molecular weight excluding hydrogens is 250 g/mol. The minimum atomic E-state index is -0.379. The molecule has 0 fully saturated rings. The zero-order valence-electron chi connectivity index (χ0n) is 10.2. The zero-order valence-corrected chi connectivity index (χ0v) is 10.2. The number of rotatable bonds is 2. The molecule has 1 aromatic heterocycles. The molecule has 0 unspecified atom stereocenters. The standard InChI is InChI=1S/C12H11N3O4/c1-7-11(15-19-14-7)12(16)13-8-2-3-9-10(6-8)18-5-4-17-9/h2-3,6H,4-5H2,1H3,(H,13,16). The number of benzene rings is 1. The van der Waals surface area contributed by atoms with Crippen LogP contribution in [0.2, 0.25) is 0 Å². The number of carbonyl (C=O) groups is 1. The first-order valence-corrected chi connectivity index (χ1v) is 5.74. The van der Waals surface area contributed by atoms with E-state index >= 15 is 0 Å². The third-order valence-electron chi connectivity index (χ3n) is 2.67. The molecular formula is C12H11N3O4. The summed E-state index contributed by atoms with van der Waals surface area (Å²) < 4.78 is 15.3. The third-order valence-corrected chi connectivity index (χ3v) is 2.67. The Morgan fingerprint density at radius 1 is 1.21 bits per heavy atom. The van der Waals surface area contributed by atoms with Crippen molar-refractivity contribution < 1.29 is 18.9 Å². The van der Waals surface area contributed by atoms with Crippen LogP contribution in [-0.4, -0.2) is 29.4 Å². The van der Waals surface area contributed by atoms with Crippen LogP contribution in [-0.2, 0) is 0 Å². The van der Waals surface area contributed by atoms with E-state index in [0.717, 1.165) is 0 Å². The zero-order chi connectivity index (χ0) is 13.2. The third kappa shape index (κ3) is 2.22. The molecule has 7 heteroatoms. The molecule has 1 aliphatic heterocycles. The smallest absolute Gasteiger partial charge is 0.279 e. The van der Waals surface area contributed by atoms with E-state index in [1.54, 1.807) is 25.1 Å². The number of nitrogens with zero attached hydrogens (tertiary/aromatic N) is 2. The van der Waals surface area contributed by atoms with E-state index in [9.17, 15) is 4.79 Å². The van der Waals surface area contributed by atoms with Gasteiger partial charge in [-0.1, -0.05) is 5.16 Å². The van der Waals surface area contributed by atoms with E-state index in [1.807, 2.05) is 0 Å². The summed E-state index contributed by atoms with van der Waals surface area (Å²) in [5.74, 6) is 0.901. The lowest BCUT2D eigenvalue weighted by molar-refractivity contribution is 0.101. The lowest BCUT2D eigenvalue weighted by Gasteiger charge is -2.18. The van der Waals surface area contributed by atoms with Crippen LogP contribution in [0.1, 0.15) is 16.2 Å². The molecule has 1 amide bonds. The molecule has 0 saturated carbocycles. The molecule has 0 radical (unpaired) electrons. The molecule has 1 aromatic carbocycles. The second-order valence-corrected chi connectivity index (χ2v) is 4.01. The number of nitrogens with one attached hydrogen (secondary N) is 1. The van der Waals surface area contributed by atoms with Crippen molar-refractivity contribution in [2.75, 3.05) is 18.5 Å². The Morgan fingerprint density at radius 3 is 2.74 bits per heavy atom. The predicted octanol–water partition coefficient (Wildman–Crippen LogP) is 1.40. The molecule has 0 atom stereocenters. The lowest BCUT2D eigenvalue weighted by atomic mass is 10.2. The quantitative estimate of drug-likeness (QED) is 0.879. The van der Waals surface area contributed by atoms with E-state index < -0.39 is 0 Å². The second kappa shape index (κ2) is 4.60. The number of ether oxygens (including phenoxy) is 2. The van der Waals surface area contributed by atoms with Crippen LogP contribution < -0.4 is 14.8 Å². The second-order valence-electron chi connectivity index (χ2n) is 4.01. The number of fused-ring (bicyclic) bond motifs is 1. The first-order chi connectivity index (χ1) is 9.24. The summed E-state index contributed by atoms with van der Waals surface area (Å²) in [7, 11) is 0. The highest BCUT2D eigenvalue weighted by Gasteiger charge is 2.17. The van der Waals surface area contributed by atoms with Crippen LogP contribution in [0.3, 0.4) is 0 Å². The fourth-order valence-corrected chi connectivity index (χ4v) is 1.75. The molecule has 0 bridgehead atoms. The highest BCUT2D eigenvalue weighted by atomic mass is 16.6. The van der Waals surface area contributed by atoms with Crippen molar-refractivity contribution in [2.24, 2.45) is 0 Å². The molecule has 19 heavy (non-hydrogen) atoms. The highest BCUT2D eigenvalue weighted by Crippen LogP contribution is 2.32. The monoisotopic (exact) mass is 261 g/mol. The fourth-order valence-electron chi connectivity index (χ4n) is 1.75. The molecule has 1 N–H and O–H groups in total. The summed E-state index contributed by atoms with van der Waals surface area (Å²) in [4.78, 5) is 11.9. The summed E-state index contributed by atoms with van der Waals surface area (Å²) in [6, 6.07) is 5.18. The number of aromatic nitrogens is 2. The van der Waals surface area contributed by atoms with Crippen LogP contribution in [0.5, 0.6) is 11.5 Å². The summed E-state index contributed by atoms with van der Waals surface area (Å²) in [6.45, 7) is 2.68. The van der Waals surface area contributed by atoms with E-state index in [-0.39, 0.29) is 11.6 Å². The maximum absolute atomic E-state index is 11.9.